The van der Waals surface area contributed by atoms with Gasteiger partial charge in [0, 0.05) is 20.0 Å². The molecule has 1 aromatic rings. The van der Waals surface area contributed by atoms with Gasteiger partial charge in [-0.3, -0.25) is 9.69 Å². The molecule has 2 heterocycles. The third-order valence-electron chi connectivity index (χ3n) is 6.20. The summed E-state index contributed by atoms with van der Waals surface area (Å²) in [6.45, 7) is 10.7. The van der Waals surface area contributed by atoms with Gasteiger partial charge >= 0.3 is 0 Å². The largest absolute Gasteiger partial charge is 0.395 e. The van der Waals surface area contributed by atoms with Gasteiger partial charge in [0.1, 0.15) is 12.2 Å². The van der Waals surface area contributed by atoms with E-state index in [0.29, 0.717) is 13.1 Å². The summed E-state index contributed by atoms with van der Waals surface area (Å²) in [5.74, 6) is -0.0741. The van der Waals surface area contributed by atoms with E-state index in [0.717, 1.165) is 5.56 Å². The van der Waals surface area contributed by atoms with Crippen molar-refractivity contribution >= 4 is 5.91 Å². The summed E-state index contributed by atoms with van der Waals surface area (Å²) in [4.78, 5) is 13.8. The summed E-state index contributed by atoms with van der Waals surface area (Å²) >= 11 is 0. The summed E-state index contributed by atoms with van der Waals surface area (Å²) in [6, 6.07) is 9.88. The molecule has 0 bridgehead atoms. The van der Waals surface area contributed by atoms with Crippen LogP contribution in [0.15, 0.2) is 30.3 Å². The predicted octanol–water partition coefficient (Wildman–Crippen LogP) is 1.71. The molecule has 27 heavy (non-hydrogen) atoms. The van der Waals surface area contributed by atoms with Gasteiger partial charge in [0.15, 0.2) is 0 Å². The fourth-order valence-electron chi connectivity index (χ4n) is 4.04. The van der Waals surface area contributed by atoms with Gasteiger partial charge in [0.25, 0.3) is 0 Å². The molecule has 2 aliphatic rings. The Labute approximate surface area is 161 Å². The lowest BCUT2D eigenvalue weighted by Crippen LogP contribution is -2.62. The Morgan fingerprint density at radius 1 is 1.07 bits per heavy atom. The molecule has 1 aromatic carbocycles. The van der Waals surface area contributed by atoms with Crippen LogP contribution < -0.4 is 5.32 Å². The van der Waals surface area contributed by atoms with E-state index in [1.807, 2.05) is 45.9 Å². The highest BCUT2D eigenvalue weighted by molar-refractivity contribution is 5.72. The molecule has 0 spiro atoms. The number of hydrogen-bond donors (Lipinski definition) is 2. The molecule has 3 rings (SSSR count). The summed E-state index contributed by atoms with van der Waals surface area (Å²) in [6.07, 6.45) is -0.471. The molecule has 1 amide bonds. The Kier molecular flexibility index (Phi) is 5.64. The molecular formula is C21H32N2O4. The first-order valence-corrected chi connectivity index (χ1v) is 9.67. The number of ether oxygens (including phenoxy) is 2. The van der Waals surface area contributed by atoms with E-state index >= 15 is 0 Å². The van der Waals surface area contributed by atoms with Crippen molar-refractivity contribution in [3.05, 3.63) is 35.9 Å². The fourth-order valence-corrected chi connectivity index (χ4v) is 4.04. The number of carbonyl (C=O) groups excluding carboxylic acids is 1. The number of carbonyl (C=O) groups is 1. The summed E-state index contributed by atoms with van der Waals surface area (Å²) in [5, 5.41) is 13.1. The van der Waals surface area contributed by atoms with Gasteiger partial charge in [-0.1, -0.05) is 30.3 Å². The maximum absolute atomic E-state index is 11.6. The molecule has 2 aliphatic heterocycles. The molecule has 6 nitrogen and oxygen atoms in total. The van der Waals surface area contributed by atoms with Crippen molar-refractivity contribution in [3.63, 3.8) is 0 Å². The van der Waals surface area contributed by atoms with Crippen LogP contribution in [0.4, 0.5) is 0 Å². The van der Waals surface area contributed by atoms with Crippen molar-refractivity contribution in [1.82, 2.24) is 10.2 Å². The number of benzene rings is 1. The van der Waals surface area contributed by atoms with Crippen LogP contribution >= 0.6 is 0 Å². The normalized spacial score (nSPS) is 32.1. The molecule has 4 unspecified atom stereocenters. The highest BCUT2D eigenvalue weighted by Gasteiger charge is 2.59. The average Bonchev–Trinajstić information content (AvgIpc) is 2.84. The number of aliphatic hydroxyl groups is 1. The number of nitrogens with one attached hydrogen (secondary N) is 1. The summed E-state index contributed by atoms with van der Waals surface area (Å²) in [7, 11) is 0. The maximum atomic E-state index is 11.6. The van der Waals surface area contributed by atoms with E-state index < -0.39 is 11.2 Å². The van der Waals surface area contributed by atoms with E-state index in [2.05, 4.69) is 22.3 Å². The van der Waals surface area contributed by atoms with Crippen LogP contribution in [0.2, 0.25) is 0 Å². The van der Waals surface area contributed by atoms with E-state index in [-0.39, 0.29) is 36.8 Å². The fraction of sp³-hybridized carbons (Fsp3) is 0.667. The summed E-state index contributed by atoms with van der Waals surface area (Å²) < 4.78 is 13.0. The molecule has 0 aromatic heterocycles. The standard InChI is InChI=1S/C21H32N2O4/c1-14(25)22-11-16-18-19(27-21(4,5)20(2,3)26-18)17(13-24)23(16)12-15-9-7-6-8-10-15/h6-10,16-19,24H,11-13H2,1-5H3,(H,22,25). The maximum Gasteiger partial charge on any atom is 0.216 e. The second-order valence-electron chi connectivity index (χ2n) is 8.60. The Morgan fingerprint density at radius 3 is 2.15 bits per heavy atom. The number of aliphatic hydroxyl groups excluding tert-OH is 1. The highest BCUT2D eigenvalue weighted by Crippen LogP contribution is 2.44. The van der Waals surface area contributed by atoms with Crippen LogP contribution in [0.5, 0.6) is 0 Å². The number of likely N-dealkylation sites (tertiary alicyclic amines) is 1. The van der Waals surface area contributed by atoms with E-state index in [9.17, 15) is 9.90 Å². The zero-order chi connectivity index (χ0) is 19.8. The van der Waals surface area contributed by atoms with Crippen molar-refractivity contribution in [2.24, 2.45) is 0 Å². The first kappa shape index (κ1) is 20.3. The van der Waals surface area contributed by atoms with Crippen molar-refractivity contribution in [3.8, 4) is 0 Å². The number of amides is 1. The van der Waals surface area contributed by atoms with Gasteiger partial charge in [-0.2, -0.15) is 0 Å². The lowest BCUT2D eigenvalue weighted by atomic mass is 9.85. The van der Waals surface area contributed by atoms with E-state index in [4.69, 9.17) is 9.47 Å². The third kappa shape index (κ3) is 3.90. The van der Waals surface area contributed by atoms with E-state index in [1.165, 1.54) is 6.92 Å². The van der Waals surface area contributed by atoms with Gasteiger partial charge in [-0.15, -0.1) is 0 Å². The zero-order valence-electron chi connectivity index (χ0n) is 16.9. The number of hydrogen-bond acceptors (Lipinski definition) is 5. The minimum absolute atomic E-state index is 0.0234. The van der Waals surface area contributed by atoms with Gasteiger partial charge in [0.05, 0.1) is 29.9 Å². The van der Waals surface area contributed by atoms with Gasteiger partial charge < -0.3 is 19.9 Å². The quantitative estimate of drug-likeness (QED) is 0.819. The Bertz CT molecular complexity index is 661. The molecular weight excluding hydrogens is 344 g/mol. The summed E-state index contributed by atoms with van der Waals surface area (Å²) in [5.41, 5.74) is 0.190. The van der Waals surface area contributed by atoms with Crippen LogP contribution in [0, 0.1) is 0 Å². The molecule has 2 fully saturated rings. The molecule has 2 saturated heterocycles. The van der Waals surface area contributed by atoms with Gasteiger partial charge in [0.2, 0.25) is 5.91 Å². The molecule has 0 saturated carbocycles. The molecule has 0 aliphatic carbocycles. The number of fused-ring (bicyclic) bond motifs is 1. The van der Waals surface area contributed by atoms with Crippen LogP contribution in [-0.4, -0.2) is 64.6 Å². The topological polar surface area (TPSA) is 71.0 Å². The monoisotopic (exact) mass is 376 g/mol. The zero-order valence-corrected chi connectivity index (χ0v) is 16.9. The van der Waals surface area contributed by atoms with Crippen LogP contribution in [0.3, 0.4) is 0 Å². The SMILES string of the molecule is CC(=O)NCC1C2OC(C)(C)C(C)(C)OC2C(CO)N1Cc1ccccc1. The number of nitrogens with zero attached hydrogens (tertiary/aromatic N) is 1. The van der Waals surface area contributed by atoms with Crippen molar-refractivity contribution in [2.75, 3.05) is 13.2 Å². The molecule has 6 heteroatoms. The predicted molar refractivity (Wildman–Crippen MR) is 103 cm³/mol. The van der Waals surface area contributed by atoms with E-state index in [1.54, 1.807) is 0 Å². The average molecular weight is 376 g/mol. The Morgan fingerprint density at radius 2 is 1.63 bits per heavy atom. The number of rotatable bonds is 5. The highest BCUT2D eigenvalue weighted by atomic mass is 16.6. The van der Waals surface area contributed by atoms with Crippen molar-refractivity contribution in [2.45, 2.75) is 76.7 Å². The van der Waals surface area contributed by atoms with Crippen LogP contribution in [-0.2, 0) is 20.8 Å². The third-order valence-corrected chi connectivity index (χ3v) is 6.20. The Hall–Kier alpha value is -1.47. The second kappa shape index (κ2) is 7.51. The van der Waals surface area contributed by atoms with Gasteiger partial charge in [-0.05, 0) is 33.3 Å². The lowest BCUT2D eigenvalue weighted by molar-refractivity contribution is -0.290. The molecule has 4 atom stereocenters. The van der Waals surface area contributed by atoms with Gasteiger partial charge in [-0.25, -0.2) is 0 Å². The minimum Gasteiger partial charge on any atom is -0.395 e. The van der Waals surface area contributed by atoms with Crippen molar-refractivity contribution < 1.29 is 19.4 Å². The Balaban J connectivity index is 1.92. The minimum atomic E-state index is -0.483. The second-order valence-corrected chi connectivity index (χ2v) is 8.60. The molecule has 2 N–H and O–H groups in total. The van der Waals surface area contributed by atoms with Crippen LogP contribution in [0.1, 0.15) is 40.2 Å². The lowest BCUT2D eigenvalue weighted by Gasteiger charge is -2.51. The smallest absolute Gasteiger partial charge is 0.216 e. The molecule has 0 radical (unpaired) electrons. The first-order valence-electron chi connectivity index (χ1n) is 9.67. The van der Waals surface area contributed by atoms with Crippen LogP contribution in [0.25, 0.3) is 0 Å². The first-order chi connectivity index (χ1) is 12.7. The van der Waals surface area contributed by atoms with Crippen molar-refractivity contribution in [1.29, 1.82) is 0 Å². The molecule has 150 valence electrons.